The number of nitrogens with zero attached hydrogens (tertiary/aromatic N) is 4. The maximum absolute atomic E-state index is 12.9. The van der Waals surface area contributed by atoms with Gasteiger partial charge in [0.2, 0.25) is 0 Å². The van der Waals surface area contributed by atoms with Gasteiger partial charge >= 0.3 is 6.18 Å². The summed E-state index contributed by atoms with van der Waals surface area (Å²) in [5.74, 6) is 0.205. The monoisotopic (exact) mass is 317 g/mol. The van der Waals surface area contributed by atoms with Gasteiger partial charge in [0.05, 0.1) is 5.56 Å². The van der Waals surface area contributed by atoms with Gasteiger partial charge in [0.25, 0.3) is 0 Å². The van der Waals surface area contributed by atoms with Gasteiger partial charge < -0.3 is 9.88 Å². The molecule has 0 aliphatic rings. The number of anilines is 1. The number of rotatable bonds is 5. The number of aromatic nitrogens is 4. The zero-order valence-electron chi connectivity index (χ0n) is 11.5. The Labute approximate surface area is 124 Å². The third kappa shape index (κ3) is 4.10. The minimum absolute atomic E-state index is 0.205. The van der Waals surface area contributed by atoms with E-state index in [0.717, 1.165) is 30.3 Å². The first-order chi connectivity index (χ1) is 9.90. The molecule has 2 aromatic heterocycles. The molecule has 0 bridgehead atoms. The summed E-state index contributed by atoms with van der Waals surface area (Å²) in [5, 5.41) is 11.1. The Morgan fingerprint density at radius 2 is 2.10 bits per heavy atom. The average molecular weight is 317 g/mol. The largest absolute Gasteiger partial charge is 0.416 e. The Bertz CT molecular complexity index is 611. The predicted molar refractivity (Wildman–Crippen MR) is 73.1 cm³/mol. The lowest BCUT2D eigenvalue weighted by Crippen LogP contribution is -2.09. The van der Waals surface area contributed by atoms with E-state index in [0.29, 0.717) is 11.7 Å². The lowest BCUT2D eigenvalue weighted by Gasteiger charge is -2.12. The van der Waals surface area contributed by atoms with E-state index in [9.17, 15) is 13.2 Å². The summed E-state index contributed by atoms with van der Waals surface area (Å²) in [6.45, 7) is 2.48. The number of hydrogen-bond acceptors (Lipinski definition) is 5. The molecule has 0 aliphatic carbocycles. The van der Waals surface area contributed by atoms with Crippen LogP contribution in [0.4, 0.5) is 19.0 Å². The summed E-state index contributed by atoms with van der Waals surface area (Å²) in [4.78, 5) is 4.17. The zero-order chi connectivity index (χ0) is 15.5. The number of nitrogens with one attached hydrogen (secondary N) is 1. The molecular weight excluding hydrogens is 303 g/mol. The number of halogens is 3. The molecule has 0 unspecified atom stereocenters. The minimum Gasteiger partial charge on any atom is -0.370 e. The van der Waals surface area contributed by atoms with E-state index in [2.05, 4.69) is 20.5 Å². The van der Waals surface area contributed by atoms with Crippen molar-refractivity contribution in [1.29, 1.82) is 0 Å². The molecule has 9 heteroatoms. The Morgan fingerprint density at radius 1 is 1.33 bits per heavy atom. The summed E-state index contributed by atoms with van der Waals surface area (Å²) in [5.41, 5.74) is -0.735. The maximum atomic E-state index is 12.9. The van der Waals surface area contributed by atoms with Gasteiger partial charge in [-0.1, -0.05) is 6.92 Å². The van der Waals surface area contributed by atoms with E-state index in [1.807, 2.05) is 6.92 Å². The highest BCUT2D eigenvalue weighted by atomic mass is 32.2. The van der Waals surface area contributed by atoms with E-state index >= 15 is 0 Å². The van der Waals surface area contributed by atoms with Crippen molar-refractivity contribution in [1.82, 2.24) is 19.7 Å². The Morgan fingerprint density at radius 3 is 2.67 bits per heavy atom. The molecule has 2 aromatic rings. The van der Waals surface area contributed by atoms with E-state index < -0.39 is 11.7 Å². The van der Waals surface area contributed by atoms with Crippen LogP contribution in [-0.4, -0.2) is 26.3 Å². The van der Waals surface area contributed by atoms with Crippen LogP contribution in [0.5, 0.6) is 0 Å². The molecule has 0 saturated carbocycles. The highest BCUT2D eigenvalue weighted by Crippen LogP contribution is 2.34. The predicted octanol–water partition coefficient (Wildman–Crippen LogP) is 3.20. The van der Waals surface area contributed by atoms with Crippen LogP contribution in [0.15, 0.2) is 28.6 Å². The topological polar surface area (TPSA) is 55.6 Å². The summed E-state index contributed by atoms with van der Waals surface area (Å²) >= 11 is 1.04. The van der Waals surface area contributed by atoms with Crippen molar-refractivity contribution in [3.8, 4) is 0 Å². The highest BCUT2D eigenvalue weighted by molar-refractivity contribution is 7.99. The average Bonchev–Trinajstić information content (AvgIpc) is 2.81. The normalized spacial score (nSPS) is 11.7. The van der Waals surface area contributed by atoms with E-state index in [1.54, 1.807) is 11.6 Å². The Balaban J connectivity index is 2.33. The molecular formula is C12H14F3N5S. The molecule has 0 fully saturated rings. The van der Waals surface area contributed by atoms with Gasteiger partial charge in [-0.2, -0.15) is 13.2 Å². The highest BCUT2D eigenvalue weighted by Gasteiger charge is 2.31. The molecule has 0 saturated heterocycles. The lowest BCUT2D eigenvalue weighted by molar-refractivity contribution is -0.137. The fourth-order valence-corrected chi connectivity index (χ4v) is 2.32. The van der Waals surface area contributed by atoms with Crippen molar-refractivity contribution < 1.29 is 13.2 Å². The van der Waals surface area contributed by atoms with Crippen LogP contribution < -0.4 is 5.32 Å². The molecule has 0 amide bonds. The van der Waals surface area contributed by atoms with Crippen molar-refractivity contribution in [2.75, 3.05) is 11.9 Å². The Kier molecular flexibility index (Phi) is 4.71. The van der Waals surface area contributed by atoms with Gasteiger partial charge in [-0.15, -0.1) is 10.2 Å². The first-order valence-electron chi connectivity index (χ1n) is 6.25. The van der Waals surface area contributed by atoms with Gasteiger partial charge in [-0.3, -0.25) is 0 Å². The molecule has 114 valence electrons. The fourth-order valence-electron chi connectivity index (χ4n) is 1.52. The maximum Gasteiger partial charge on any atom is 0.416 e. The Hall–Kier alpha value is -1.77. The van der Waals surface area contributed by atoms with Gasteiger partial charge in [0, 0.05) is 13.6 Å². The quantitative estimate of drug-likeness (QED) is 0.918. The third-order valence-electron chi connectivity index (χ3n) is 2.55. The van der Waals surface area contributed by atoms with Crippen LogP contribution in [0.25, 0.3) is 0 Å². The van der Waals surface area contributed by atoms with E-state index in [-0.39, 0.29) is 10.8 Å². The standard InChI is InChI=1S/C12H14F3N5S/c1-3-4-16-9-5-8(12(13,14)15)6-10(18-9)21-11-19-17-7-20(11)2/h5-7H,3-4H2,1-2H3,(H,16,18). The summed E-state index contributed by atoms with van der Waals surface area (Å²) < 4.78 is 40.4. The first kappa shape index (κ1) is 15.6. The van der Waals surface area contributed by atoms with E-state index in [4.69, 9.17) is 0 Å². The number of pyridine rings is 1. The molecule has 2 rings (SSSR count). The zero-order valence-corrected chi connectivity index (χ0v) is 12.3. The second kappa shape index (κ2) is 6.33. The van der Waals surface area contributed by atoms with Crippen LogP contribution in [0.2, 0.25) is 0 Å². The molecule has 21 heavy (non-hydrogen) atoms. The van der Waals surface area contributed by atoms with Crippen LogP contribution in [0.3, 0.4) is 0 Å². The second-order valence-electron chi connectivity index (χ2n) is 4.33. The van der Waals surface area contributed by atoms with Crippen LogP contribution >= 0.6 is 11.8 Å². The first-order valence-corrected chi connectivity index (χ1v) is 7.07. The van der Waals surface area contributed by atoms with Crippen LogP contribution in [0, 0.1) is 0 Å². The van der Waals surface area contributed by atoms with E-state index in [1.165, 1.54) is 6.33 Å². The van der Waals surface area contributed by atoms with Crippen LogP contribution in [0.1, 0.15) is 18.9 Å². The summed E-state index contributed by atoms with van der Waals surface area (Å²) in [6, 6.07) is 2.02. The van der Waals surface area contributed by atoms with Crippen molar-refractivity contribution >= 4 is 17.6 Å². The van der Waals surface area contributed by atoms with Crippen molar-refractivity contribution in [2.24, 2.45) is 7.05 Å². The number of aryl methyl sites for hydroxylation is 1. The minimum atomic E-state index is -4.42. The van der Waals surface area contributed by atoms with Crippen molar-refractivity contribution in [3.63, 3.8) is 0 Å². The summed E-state index contributed by atoms with van der Waals surface area (Å²) in [6.07, 6.45) is -2.14. The third-order valence-corrected chi connectivity index (χ3v) is 3.52. The van der Waals surface area contributed by atoms with Crippen LogP contribution in [-0.2, 0) is 13.2 Å². The number of alkyl halides is 3. The number of hydrogen-bond donors (Lipinski definition) is 1. The molecule has 2 heterocycles. The lowest BCUT2D eigenvalue weighted by atomic mass is 10.2. The SMILES string of the molecule is CCCNc1cc(C(F)(F)F)cc(Sc2nncn2C)n1. The van der Waals surface area contributed by atoms with Gasteiger partial charge in [-0.05, 0) is 30.3 Å². The molecule has 1 N–H and O–H groups in total. The van der Waals surface area contributed by atoms with Gasteiger partial charge in [0.1, 0.15) is 17.2 Å². The van der Waals surface area contributed by atoms with Crippen molar-refractivity contribution in [2.45, 2.75) is 29.7 Å². The molecule has 0 radical (unpaired) electrons. The molecule has 0 spiro atoms. The second-order valence-corrected chi connectivity index (χ2v) is 5.32. The summed E-state index contributed by atoms with van der Waals surface area (Å²) in [7, 11) is 1.71. The molecule has 0 aromatic carbocycles. The smallest absolute Gasteiger partial charge is 0.370 e. The molecule has 0 aliphatic heterocycles. The fraction of sp³-hybridized carbons (Fsp3) is 0.417. The molecule has 5 nitrogen and oxygen atoms in total. The van der Waals surface area contributed by atoms with Gasteiger partial charge in [-0.25, -0.2) is 4.98 Å². The van der Waals surface area contributed by atoms with Gasteiger partial charge in [0.15, 0.2) is 5.16 Å². The molecule has 0 atom stereocenters. The van der Waals surface area contributed by atoms with Crippen molar-refractivity contribution in [3.05, 3.63) is 24.0 Å².